The first kappa shape index (κ1) is 12.2. The van der Waals surface area contributed by atoms with E-state index in [1.165, 1.54) is 18.5 Å². The van der Waals surface area contributed by atoms with Gasteiger partial charge in [-0.2, -0.15) is 0 Å². The predicted octanol–water partition coefficient (Wildman–Crippen LogP) is 2.74. The number of hydrogen-bond donors (Lipinski definition) is 0. The molecule has 1 rings (SSSR count). The molecule has 0 aliphatic rings. The van der Waals surface area contributed by atoms with Crippen LogP contribution in [-0.4, -0.2) is 29.5 Å². The minimum Gasteiger partial charge on any atom is -0.303 e. The van der Waals surface area contributed by atoms with Gasteiger partial charge in [-0.1, -0.05) is 19.4 Å². The summed E-state index contributed by atoms with van der Waals surface area (Å²) in [5.74, 6) is 0. The Balaban J connectivity index is 2.31. The highest BCUT2D eigenvalue weighted by Gasteiger charge is 2.07. The van der Waals surface area contributed by atoms with Gasteiger partial charge in [0.25, 0.3) is 0 Å². The van der Waals surface area contributed by atoms with Gasteiger partial charge in [0.05, 0.1) is 0 Å². The van der Waals surface area contributed by atoms with E-state index in [9.17, 15) is 0 Å². The standard InChI is InChI=1S/C13H22N2/c1-4-7-12(2)15(3)11-9-13-8-5-6-10-14-13/h5-6,8,10,12H,4,7,9,11H2,1-3H3/t12-/m1/s1. The van der Waals surface area contributed by atoms with Crippen LogP contribution in [0.2, 0.25) is 0 Å². The highest BCUT2D eigenvalue weighted by atomic mass is 15.1. The Morgan fingerprint density at radius 3 is 2.80 bits per heavy atom. The molecule has 1 aromatic heterocycles. The highest BCUT2D eigenvalue weighted by molar-refractivity contribution is 5.03. The Morgan fingerprint density at radius 1 is 1.40 bits per heavy atom. The zero-order chi connectivity index (χ0) is 11.1. The molecule has 0 aliphatic heterocycles. The van der Waals surface area contributed by atoms with Gasteiger partial charge in [0.1, 0.15) is 0 Å². The third kappa shape index (κ3) is 4.43. The predicted molar refractivity (Wildman–Crippen MR) is 64.9 cm³/mol. The summed E-state index contributed by atoms with van der Waals surface area (Å²) in [4.78, 5) is 6.74. The van der Waals surface area contributed by atoms with Crippen LogP contribution >= 0.6 is 0 Å². The van der Waals surface area contributed by atoms with Crippen molar-refractivity contribution in [2.24, 2.45) is 0 Å². The maximum absolute atomic E-state index is 4.33. The molecule has 0 aliphatic carbocycles. The molecule has 0 N–H and O–H groups in total. The summed E-state index contributed by atoms with van der Waals surface area (Å²) >= 11 is 0. The Hall–Kier alpha value is -0.890. The molecule has 0 spiro atoms. The summed E-state index contributed by atoms with van der Waals surface area (Å²) in [6.45, 7) is 5.63. The molecule has 84 valence electrons. The van der Waals surface area contributed by atoms with Crippen molar-refractivity contribution in [3.8, 4) is 0 Å². The third-order valence-electron chi connectivity index (χ3n) is 2.91. The molecule has 0 saturated carbocycles. The topological polar surface area (TPSA) is 16.1 Å². The van der Waals surface area contributed by atoms with E-state index in [-0.39, 0.29) is 0 Å². The summed E-state index contributed by atoms with van der Waals surface area (Å²) in [6, 6.07) is 6.79. The Labute approximate surface area is 93.3 Å². The summed E-state index contributed by atoms with van der Waals surface area (Å²) < 4.78 is 0. The van der Waals surface area contributed by atoms with Gasteiger partial charge in [-0.05, 0) is 32.5 Å². The van der Waals surface area contributed by atoms with E-state index in [4.69, 9.17) is 0 Å². The fourth-order valence-corrected chi connectivity index (χ4v) is 1.70. The largest absolute Gasteiger partial charge is 0.303 e. The van der Waals surface area contributed by atoms with Crippen LogP contribution in [0.5, 0.6) is 0 Å². The van der Waals surface area contributed by atoms with Gasteiger partial charge in [-0.3, -0.25) is 4.98 Å². The maximum atomic E-state index is 4.33. The molecule has 0 unspecified atom stereocenters. The lowest BCUT2D eigenvalue weighted by Crippen LogP contribution is -2.30. The normalized spacial score (nSPS) is 13.1. The Morgan fingerprint density at radius 2 is 2.20 bits per heavy atom. The van der Waals surface area contributed by atoms with Gasteiger partial charge >= 0.3 is 0 Å². The smallest absolute Gasteiger partial charge is 0.0416 e. The van der Waals surface area contributed by atoms with Crippen LogP contribution in [0.25, 0.3) is 0 Å². The molecule has 0 saturated heterocycles. The van der Waals surface area contributed by atoms with Crippen LogP contribution in [0, 0.1) is 0 Å². The van der Waals surface area contributed by atoms with Crippen LogP contribution in [0.4, 0.5) is 0 Å². The van der Waals surface area contributed by atoms with Crippen molar-refractivity contribution in [3.63, 3.8) is 0 Å². The molecule has 0 bridgehead atoms. The van der Waals surface area contributed by atoms with Crippen LogP contribution in [0.15, 0.2) is 24.4 Å². The fraction of sp³-hybridized carbons (Fsp3) is 0.615. The number of likely N-dealkylation sites (N-methyl/N-ethyl adjacent to an activating group) is 1. The van der Waals surface area contributed by atoms with Crippen molar-refractivity contribution in [3.05, 3.63) is 30.1 Å². The zero-order valence-corrected chi connectivity index (χ0v) is 10.1. The minimum absolute atomic E-state index is 0.679. The SMILES string of the molecule is CCC[C@@H](C)N(C)CCc1ccccn1. The third-order valence-corrected chi connectivity index (χ3v) is 2.91. The Bertz CT molecular complexity index is 258. The molecule has 0 fully saturated rings. The van der Waals surface area contributed by atoms with Crippen molar-refractivity contribution >= 4 is 0 Å². The lowest BCUT2D eigenvalue weighted by atomic mass is 10.1. The molecular formula is C13H22N2. The molecule has 2 nitrogen and oxygen atoms in total. The molecule has 1 heterocycles. The van der Waals surface area contributed by atoms with Crippen molar-refractivity contribution in [1.82, 2.24) is 9.88 Å². The second-order valence-electron chi connectivity index (χ2n) is 4.19. The van der Waals surface area contributed by atoms with Crippen molar-refractivity contribution in [2.75, 3.05) is 13.6 Å². The van der Waals surface area contributed by atoms with Crippen LogP contribution in [-0.2, 0) is 6.42 Å². The monoisotopic (exact) mass is 206 g/mol. The molecule has 1 aromatic rings. The zero-order valence-electron chi connectivity index (χ0n) is 10.1. The summed E-state index contributed by atoms with van der Waals surface area (Å²) in [6.07, 6.45) is 5.45. The molecule has 0 amide bonds. The minimum atomic E-state index is 0.679. The average molecular weight is 206 g/mol. The second-order valence-corrected chi connectivity index (χ2v) is 4.19. The van der Waals surface area contributed by atoms with Crippen LogP contribution in [0.3, 0.4) is 0 Å². The van der Waals surface area contributed by atoms with E-state index < -0.39 is 0 Å². The lowest BCUT2D eigenvalue weighted by molar-refractivity contribution is 0.247. The van der Waals surface area contributed by atoms with Crippen LogP contribution in [0.1, 0.15) is 32.4 Å². The first-order chi connectivity index (χ1) is 7.24. The maximum Gasteiger partial charge on any atom is 0.0416 e. The summed E-state index contributed by atoms with van der Waals surface area (Å²) in [7, 11) is 2.20. The van der Waals surface area contributed by atoms with Crippen molar-refractivity contribution in [1.29, 1.82) is 0 Å². The van der Waals surface area contributed by atoms with Crippen LogP contribution < -0.4 is 0 Å². The highest BCUT2D eigenvalue weighted by Crippen LogP contribution is 2.05. The number of hydrogen-bond acceptors (Lipinski definition) is 2. The van der Waals surface area contributed by atoms with Gasteiger partial charge in [0, 0.05) is 30.9 Å². The fourth-order valence-electron chi connectivity index (χ4n) is 1.70. The van der Waals surface area contributed by atoms with E-state index >= 15 is 0 Å². The number of pyridine rings is 1. The second kappa shape index (κ2) is 6.57. The first-order valence-corrected chi connectivity index (χ1v) is 5.84. The van der Waals surface area contributed by atoms with E-state index in [1.54, 1.807) is 0 Å². The van der Waals surface area contributed by atoms with Gasteiger partial charge < -0.3 is 4.90 Å². The first-order valence-electron chi connectivity index (χ1n) is 5.84. The van der Waals surface area contributed by atoms with Crippen molar-refractivity contribution in [2.45, 2.75) is 39.2 Å². The number of aromatic nitrogens is 1. The summed E-state index contributed by atoms with van der Waals surface area (Å²) in [5, 5.41) is 0. The van der Waals surface area contributed by atoms with E-state index in [2.05, 4.69) is 42.9 Å². The Kier molecular flexibility index (Phi) is 5.33. The molecule has 2 heteroatoms. The number of rotatable bonds is 6. The van der Waals surface area contributed by atoms with E-state index in [0.717, 1.165) is 13.0 Å². The van der Waals surface area contributed by atoms with Gasteiger partial charge in [-0.15, -0.1) is 0 Å². The van der Waals surface area contributed by atoms with E-state index in [0.29, 0.717) is 6.04 Å². The molecule has 1 atom stereocenters. The quantitative estimate of drug-likeness (QED) is 0.711. The molecule has 15 heavy (non-hydrogen) atoms. The lowest BCUT2D eigenvalue weighted by Gasteiger charge is -2.23. The molecule has 0 radical (unpaired) electrons. The van der Waals surface area contributed by atoms with Gasteiger partial charge in [-0.25, -0.2) is 0 Å². The van der Waals surface area contributed by atoms with Gasteiger partial charge in [0.15, 0.2) is 0 Å². The van der Waals surface area contributed by atoms with E-state index in [1.807, 2.05) is 12.3 Å². The average Bonchev–Trinajstić information content (AvgIpc) is 2.27. The number of nitrogens with zero attached hydrogens (tertiary/aromatic N) is 2. The van der Waals surface area contributed by atoms with Gasteiger partial charge in [0.2, 0.25) is 0 Å². The molecular weight excluding hydrogens is 184 g/mol. The molecule has 0 aromatic carbocycles. The summed E-state index contributed by atoms with van der Waals surface area (Å²) in [5.41, 5.74) is 1.19. The van der Waals surface area contributed by atoms with Crippen molar-refractivity contribution < 1.29 is 0 Å².